The Morgan fingerprint density at radius 1 is 0.740 bits per heavy atom. The summed E-state index contributed by atoms with van der Waals surface area (Å²) in [6, 6.07) is 18.9. The number of phenolic OH excluding ortho intramolecular Hbond substituents is 1. The number of fused-ring (bicyclic) bond motifs is 2. The summed E-state index contributed by atoms with van der Waals surface area (Å²) in [5.41, 5.74) is 5.96. The van der Waals surface area contributed by atoms with Crippen LogP contribution in [0, 0.1) is 0 Å². The van der Waals surface area contributed by atoms with Gasteiger partial charge in [-0.1, -0.05) is 42.5 Å². The quantitative estimate of drug-likeness (QED) is 0.0697. The summed E-state index contributed by atoms with van der Waals surface area (Å²) in [6.45, 7) is 0. The molecule has 5 rings (SSSR count). The number of carbonyl (C=O) groups is 1. The van der Waals surface area contributed by atoms with E-state index >= 15 is 0 Å². The second-order valence-electron chi connectivity index (χ2n) is 10.5. The minimum atomic E-state index is -4.89. The molecule has 0 aliphatic rings. The van der Waals surface area contributed by atoms with E-state index in [1.165, 1.54) is 30.3 Å². The number of halogens is 1. The third-order valence-electron chi connectivity index (χ3n) is 7.01. The monoisotopic (exact) mass is 786 g/mol. The Bertz CT molecular complexity index is 2580. The molecule has 0 aromatic heterocycles. The molecule has 5 aromatic rings. The molecule has 50 heavy (non-hydrogen) atoms. The van der Waals surface area contributed by atoms with Crippen LogP contribution in [0.3, 0.4) is 0 Å². The van der Waals surface area contributed by atoms with E-state index in [1.54, 1.807) is 30.3 Å². The SMILES string of the molecule is Nc1ccc2ccccc2c1S(=O)(=O)O.O=C(Nc1ccc(S(=O)(=O)O)c2cc(S(=O)(=O)O)cc(O)c12)c1ccc(CS(=O)(=O)CCCl)cc1. The molecule has 5 aromatic carbocycles. The Balaban J connectivity index is 0.000000310. The number of phenols is 1. The fraction of sp³-hybridized carbons (Fsp3) is 0.100. The molecule has 0 aliphatic heterocycles. The maximum absolute atomic E-state index is 12.7. The summed E-state index contributed by atoms with van der Waals surface area (Å²) < 4.78 is 120. The van der Waals surface area contributed by atoms with Crippen LogP contribution in [-0.4, -0.2) is 70.0 Å². The second kappa shape index (κ2) is 14.5. The van der Waals surface area contributed by atoms with Gasteiger partial charge in [-0.25, -0.2) is 8.42 Å². The second-order valence-corrected chi connectivity index (χ2v) is 17.3. The predicted octanol–water partition coefficient (Wildman–Crippen LogP) is 4.11. The number of sulfone groups is 1. The van der Waals surface area contributed by atoms with Gasteiger partial charge in [-0.2, -0.15) is 25.3 Å². The van der Waals surface area contributed by atoms with Crippen molar-refractivity contribution in [2.75, 3.05) is 22.7 Å². The van der Waals surface area contributed by atoms with Gasteiger partial charge in [-0.3, -0.25) is 18.5 Å². The third kappa shape index (κ3) is 9.06. The van der Waals surface area contributed by atoms with Crippen LogP contribution in [0.1, 0.15) is 15.9 Å². The number of nitrogen functional groups attached to an aromatic ring is 1. The van der Waals surface area contributed by atoms with Crippen LogP contribution >= 0.6 is 11.6 Å². The van der Waals surface area contributed by atoms with Gasteiger partial charge in [-0.15, -0.1) is 11.6 Å². The van der Waals surface area contributed by atoms with E-state index in [4.69, 9.17) is 21.9 Å². The summed E-state index contributed by atoms with van der Waals surface area (Å²) in [5.74, 6) is -2.04. The van der Waals surface area contributed by atoms with Gasteiger partial charge in [-0.05, 0) is 47.3 Å². The average molecular weight is 787 g/mol. The van der Waals surface area contributed by atoms with E-state index in [0.717, 1.165) is 23.6 Å². The van der Waals surface area contributed by atoms with Crippen molar-refractivity contribution in [3.8, 4) is 5.75 Å². The van der Waals surface area contributed by atoms with Crippen LogP contribution in [0.4, 0.5) is 11.4 Å². The molecule has 0 spiro atoms. The molecule has 0 aliphatic carbocycles. The number of amides is 1. The molecule has 0 radical (unpaired) electrons. The Labute approximate surface area is 291 Å². The fourth-order valence-corrected chi connectivity index (χ4v) is 8.65. The minimum Gasteiger partial charge on any atom is -0.507 e. The van der Waals surface area contributed by atoms with E-state index in [2.05, 4.69) is 5.32 Å². The first-order valence-corrected chi connectivity index (χ1v) is 20.5. The van der Waals surface area contributed by atoms with Crippen molar-refractivity contribution in [1.82, 2.24) is 0 Å². The number of hydrogen-bond acceptors (Lipinski definition) is 11. The van der Waals surface area contributed by atoms with Crippen molar-refractivity contribution in [2.45, 2.75) is 20.4 Å². The molecule has 0 heterocycles. The lowest BCUT2D eigenvalue weighted by molar-refractivity contribution is 0.102. The molecule has 0 saturated heterocycles. The predicted molar refractivity (Wildman–Crippen MR) is 186 cm³/mol. The average Bonchev–Trinajstić information content (AvgIpc) is 2.99. The van der Waals surface area contributed by atoms with Crippen LogP contribution in [0.15, 0.2) is 99.6 Å². The van der Waals surface area contributed by atoms with Crippen molar-refractivity contribution in [3.63, 3.8) is 0 Å². The topological polar surface area (TPSA) is 273 Å². The highest BCUT2D eigenvalue weighted by Crippen LogP contribution is 2.38. The van der Waals surface area contributed by atoms with Crippen molar-refractivity contribution in [2.24, 2.45) is 0 Å². The van der Waals surface area contributed by atoms with Gasteiger partial charge >= 0.3 is 0 Å². The Hall–Kier alpha value is -4.34. The summed E-state index contributed by atoms with van der Waals surface area (Å²) in [4.78, 5) is 10.9. The van der Waals surface area contributed by atoms with Crippen LogP contribution in [0.5, 0.6) is 5.75 Å². The summed E-state index contributed by atoms with van der Waals surface area (Å²) in [6.07, 6.45) is 0. The maximum Gasteiger partial charge on any atom is 0.297 e. The molecule has 0 unspecified atom stereocenters. The van der Waals surface area contributed by atoms with Gasteiger partial charge in [0.25, 0.3) is 36.3 Å². The Morgan fingerprint density at radius 3 is 1.96 bits per heavy atom. The normalized spacial score (nSPS) is 12.3. The molecular weight excluding hydrogens is 760 g/mol. The zero-order chi connectivity index (χ0) is 37.2. The molecule has 266 valence electrons. The molecule has 0 bridgehead atoms. The highest BCUT2D eigenvalue weighted by Gasteiger charge is 2.23. The summed E-state index contributed by atoms with van der Waals surface area (Å²) in [7, 11) is -17.4. The highest BCUT2D eigenvalue weighted by atomic mass is 35.5. The van der Waals surface area contributed by atoms with Crippen molar-refractivity contribution in [1.29, 1.82) is 0 Å². The lowest BCUT2D eigenvalue weighted by atomic mass is 10.1. The maximum atomic E-state index is 12.7. The number of anilines is 2. The molecule has 0 atom stereocenters. The number of hydrogen-bond donors (Lipinski definition) is 6. The molecular formula is C30H27ClN2O13S4. The molecule has 0 saturated carbocycles. The fourth-order valence-electron chi connectivity index (χ4n) is 4.83. The van der Waals surface area contributed by atoms with E-state index in [9.17, 15) is 52.7 Å². The Kier molecular flexibility index (Phi) is 11.1. The van der Waals surface area contributed by atoms with Gasteiger partial charge in [0, 0.05) is 33.7 Å². The number of rotatable bonds is 9. The molecule has 20 heteroatoms. The van der Waals surface area contributed by atoms with Crippen LogP contribution in [0.25, 0.3) is 21.5 Å². The van der Waals surface area contributed by atoms with Crippen LogP contribution < -0.4 is 11.1 Å². The van der Waals surface area contributed by atoms with Gasteiger partial charge in [0.1, 0.15) is 15.5 Å². The summed E-state index contributed by atoms with van der Waals surface area (Å²) >= 11 is 5.47. The van der Waals surface area contributed by atoms with Crippen LogP contribution in [0.2, 0.25) is 0 Å². The molecule has 0 fully saturated rings. The number of benzene rings is 5. The van der Waals surface area contributed by atoms with Gasteiger partial charge in [0.05, 0.1) is 27.8 Å². The first-order chi connectivity index (χ1) is 23.1. The van der Waals surface area contributed by atoms with E-state index in [0.29, 0.717) is 17.0 Å². The summed E-state index contributed by atoms with van der Waals surface area (Å²) in [5, 5.41) is 13.2. The van der Waals surface area contributed by atoms with Gasteiger partial charge in [0.15, 0.2) is 9.84 Å². The molecule has 1 amide bonds. The number of carbonyl (C=O) groups excluding carboxylic acids is 1. The zero-order valence-electron chi connectivity index (χ0n) is 25.3. The largest absolute Gasteiger partial charge is 0.507 e. The standard InChI is InChI=1S/C20H18ClNO10S3.C10H9NO3S/c21-7-8-33(25,26)11-12-1-3-13(4-2-12)20(24)22-16-5-6-18(35(30,31)32)15-9-14(34(27,28)29)10-17(23)19(15)16;11-9-6-5-7-3-1-2-4-8(7)10(9)15(12,13)14/h1-6,9-10,23H,7-8,11H2,(H,22,24)(H,27,28,29)(H,30,31,32);1-6H,11H2,(H,12,13,14). The van der Waals surface area contributed by atoms with Gasteiger partial charge < -0.3 is 16.2 Å². The van der Waals surface area contributed by atoms with Crippen molar-refractivity contribution in [3.05, 3.63) is 96.1 Å². The number of nitrogens with two attached hydrogens (primary N) is 1. The number of aromatic hydroxyl groups is 1. The van der Waals surface area contributed by atoms with Crippen LogP contribution in [-0.2, 0) is 45.9 Å². The smallest absolute Gasteiger partial charge is 0.297 e. The lowest BCUT2D eigenvalue weighted by Gasteiger charge is -2.14. The first-order valence-electron chi connectivity index (χ1n) is 13.8. The lowest BCUT2D eigenvalue weighted by Crippen LogP contribution is -2.14. The molecule has 7 N–H and O–H groups in total. The third-order valence-corrected chi connectivity index (χ3v) is 11.7. The Morgan fingerprint density at radius 2 is 1.38 bits per heavy atom. The zero-order valence-corrected chi connectivity index (χ0v) is 29.3. The van der Waals surface area contributed by atoms with E-state index in [-0.39, 0.29) is 44.6 Å². The number of alkyl halides is 1. The molecule has 15 nitrogen and oxygen atoms in total. The van der Waals surface area contributed by atoms with Gasteiger partial charge in [0.2, 0.25) is 0 Å². The van der Waals surface area contributed by atoms with E-state index < -0.39 is 67.0 Å². The van der Waals surface area contributed by atoms with Crippen molar-refractivity contribution < 1.29 is 57.2 Å². The highest BCUT2D eigenvalue weighted by molar-refractivity contribution is 7.90. The minimum absolute atomic E-state index is 0.0499. The van der Waals surface area contributed by atoms with E-state index in [1.807, 2.05) is 0 Å². The first kappa shape index (κ1) is 38.5. The van der Waals surface area contributed by atoms with Crippen molar-refractivity contribution >= 4 is 90.6 Å². The number of nitrogens with one attached hydrogen (secondary N) is 1.